The number of carbonyl (C=O) groups is 3. The average Bonchev–Trinajstić information content (AvgIpc) is 2.62. The monoisotopic (exact) mass is 384 g/mol. The molecule has 0 aliphatic carbocycles. The third-order valence-electron chi connectivity index (χ3n) is 3.86. The number of nitro benzene ring substituents is 1. The highest BCUT2D eigenvalue weighted by atomic mass is 16.6. The van der Waals surface area contributed by atoms with Crippen LogP contribution in [0.25, 0.3) is 0 Å². The number of hydrogen-bond donors (Lipinski definition) is 2. The van der Waals surface area contributed by atoms with E-state index in [-0.39, 0.29) is 36.3 Å². The van der Waals surface area contributed by atoms with E-state index in [1.807, 2.05) is 0 Å². The van der Waals surface area contributed by atoms with Crippen molar-refractivity contribution in [3.63, 3.8) is 0 Å². The zero-order valence-electron chi connectivity index (χ0n) is 14.8. The van der Waals surface area contributed by atoms with E-state index < -0.39 is 10.9 Å². The molecule has 1 aliphatic heterocycles. The Kier molecular flexibility index (Phi) is 5.21. The van der Waals surface area contributed by atoms with Crippen molar-refractivity contribution in [2.24, 2.45) is 0 Å². The molecule has 3 rings (SSSR count). The quantitative estimate of drug-likeness (QED) is 0.348. The number of rotatable bonds is 5. The lowest BCUT2D eigenvalue weighted by Gasteiger charge is -2.28. The van der Waals surface area contributed by atoms with Gasteiger partial charge in [0.2, 0.25) is 11.8 Å². The van der Waals surface area contributed by atoms with Crippen LogP contribution in [0.1, 0.15) is 6.92 Å². The molecule has 0 radical (unpaired) electrons. The first-order valence-corrected chi connectivity index (χ1v) is 8.23. The summed E-state index contributed by atoms with van der Waals surface area (Å²) in [5.41, 5.74) is 1.32. The number of non-ortho nitro benzene ring substituents is 1. The fourth-order valence-corrected chi connectivity index (χ4v) is 2.71. The minimum atomic E-state index is -0.611. The Morgan fingerprint density at radius 3 is 2.39 bits per heavy atom. The van der Waals surface area contributed by atoms with Crippen LogP contribution in [0, 0.1) is 10.1 Å². The SMILES string of the molecule is CC(=O)Nc1ccc(NC(=O)CN2CC(=O)Oc3cc([N+](=O)[O-])ccc32)cc1. The number of hydrogen-bond acceptors (Lipinski definition) is 7. The largest absolute Gasteiger partial charge is 0.423 e. The first-order valence-electron chi connectivity index (χ1n) is 8.23. The maximum atomic E-state index is 12.4. The van der Waals surface area contributed by atoms with Crippen LogP contribution >= 0.6 is 0 Å². The molecule has 0 saturated heterocycles. The molecule has 0 aromatic heterocycles. The summed E-state index contributed by atoms with van der Waals surface area (Å²) in [6.45, 7) is 1.10. The van der Waals surface area contributed by atoms with E-state index in [0.717, 1.165) is 6.07 Å². The van der Waals surface area contributed by atoms with Gasteiger partial charge < -0.3 is 20.3 Å². The van der Waals surface area contributed by atoms with E-state index in [1.165, 1.54) is 24.0 Å². The summed E-state index contributed by atoms with van der Waals surface area (Å²) in [6.07, 6.45) is 0. The minimum absolute atomic E-state index is 0.0397. The van der Waals surface area contributed by atoms with Gasteiger partial charge in [0, 0.05) is 24.4 Å². The first-order chi connectivity index (χ1) is 13.3. The van der Waals surface area contributed by atoms with Gasteiger partial charge in [0.05, 0.1) is 23.2 Å². The highest BCUT2D eigenvalue weighted by molar-refractivity contribution is 5.97. The molecular formula is C18H16N4O6. The molecule has 144 valence electrons. The molecule has 10 nitrogen and oxygen atoms in total. The Morgan fingerprint density at radius 2 is 1.79 bits per heavy atom. The number of fused-ring (bicyclic) bond motifs is 1. The molecule has 2 aromatic rings. The molecule has 2 amide bonds. The van der Waals surface area contributed by atoms with Crippen LogP contribution in [-0.4, -0.2) is 35.8 Å². The molecule has 0 spiro atoms. The van der Waals surface area contributed by atoms with Gasteiger partial charge in [0.15, 0.2) is 5.75 Å². The summed E-state index contributed by atoms with van der Waals surface area (Å²) in [5, 5.41) is 16.2. The Labute approximate surface area is 159 Å². The molecule has 10 heteroatoms. The number of esters is 1. The minimum Gasteiger partial charge on any atom is -0.423 e. The van der Waals surface area contributed by atoms with Crippen LogP contribution in [0.3, 0.4) is 0 Å². The number of anilines is 3. The molecule has 2 aromatic carbocycles. The highest BCUT2D eigenvalue weighted by Crippen LogP contribution is 2.35. The topological polar surface area (TPSA) is 131 Å². The van der Waals surface area contributed by atoms with Gasteiger partial charge in [-0.25, -0.2) is 4.79 Å². The van der Waals surface area contributed by atoms with Gasteiger partial charge in [-0.15, -0.1) is 0 Å². The van der Waals surface area contributed by atoms with E-state index in [0.29, 0.717) is 17.1 Å². The normalized spacial score (nSPS) is 12.6. The van der Waals surface area contributed by atoms with Crippen molar-refractivity contribution < 1.29 is 24.0 Å². The summed E-state index contributed by atoms with van der Waals surface area (Å²) < 4.78 is 5.05. The molecule has 2 N–H and O–H groups in total. The lowest BCUT2D eigenvalue weighted by Crippen LogP contribution is -2.41. The second kappa shape index (κ2) is 7.74. The van der Waals surface area contributed by atoms with E-state index >= 15 is 0 Å². The summed E-state index contributed by atoms with van der Waals surface area (Å²) in [4.78, 5) is 46.9. The molecule has 0 unspecified atom stereocenters. The van der Waals surface area contributed by atoms with E-state index in [1.54, 1.807) is 24.3 Å². The number of benzene rings is 2. The fourth-order valence-electron chi connectivity index (χ4n) is 2.71. The van der Waals surface area contributed by atoms with Crippen molar-refractivity contribution in [2.75, 3.05) is 28.6 Å². The highest BCUT2D eigenvalue weighted by Gasteiger charge is 2.27. The summed E-state index contributed by atoms with van der Waals surface area (Å²) in [6, 6.07) is 10.4. The zero-order chi connectivity index (χ0) is 20.3. The summed E-state index contributed by atoms with van der Waals surface area (Å²) in [7, 11) is 0. The van der Waals surface area contributed by atoms with E-state index in [4.69, 9.17) is 4.74 Å². The van der Waals surface area contributed by atoms with Crippen LogP contribution in [0.15, 0.2) is 42.5 Å². The predicted molar refractivity (Wildman–Crippen MR) is 100 cm³/mol. The summed E-state index contributed by atoms with van der Waals surface area (Å²) >= 11 is 0. The lowest BCUT2D eigenvalue weighted by molar-refractivity contribution is -0.384. The van der Waals surface area contributed by atoms with Crippen LogP contribution in [-0.2, 0) is 14.4 Å². The van der Waals surface area contributed by atoms with Crippen LogP contribution in [0.2, 0.25) is 0 Å². The van der Waals surface area contributed by atoms with Gasteiger partial charge in [-0.2, -0.15) is 0 Å². The fraction of sp³-hybridized carbons (Fsp3) is 0.167. The van der Waals surface area contributed by atoms with Crippen LogP contribution < -0.4 is 20.3 Å². The average molecular weight is 384 g/mol. The molecule has 0 atom stereocenters. The van der Waals surface area contributed by atoms with Gasteiger partial charge >= 0.3 is 5.97 Å². The molecular weight excluding hydrogens is 368 g/mol. The van der Waals surface area contributed by atoms with Crippen molar-refractivity contribution in [2.45, 2.75) is 6.92 Å². The molecule has 0 bridgehead atoms. The Morgan fingerprint density at radius 1 is 1.14 bits per heavy atom. The standard InChI is InChI=1S/C18H16N4O6/c1-11(23)19-12-2-4-13(5-3-12)20-17(24)9-21-10-18(25)28-16-8-14(22(26)27)6-7-15(16)21/h2-8H,9-10H2,1H3,(H,19,23)(H,20,24). The van der Waals surface area contributed by atoms with Crippen molar-refractivity contribution in [1.29, 1.82) is 0 Å². The van der Waals surface area contributed by atoms with E-state index in [9.17, 15) is 24.5 Å². The number of carbonyl (C=O) groups excluding carboxylic acids is 3. The van der Waals surface area contributed by atoms with Crippen molar-refractivity contribution >= 4 is 40.5 Å². The lowest BCUT2D eigenvalue weighted by atomic mass is 10.2. The molecule has 1 heterocycles. The third-order valence-corrected chi connectivity index (χ3v) is 3.86. The van der Waals surface area contributed by atoms with Gasteiger partial charge in [0.25, 0.3) is 5.69 Å². The molecule has 0 fully saturated rings. The van der Waals surface area contributed by atoms with Crippen LogP contribution in [0.4, 0.5) is 22.7 Å². The molecule has 28 heavy (non-hydrogen) atoms. The van der Waals surface area contributed by atoms with Gasteiger partial charge in [-0.1, -0.05) is 0 Å². The zero-order valence-corrected chi connectivity index (χ0v) is 14.8. The maximum Gasteiger partial charge on any atom is 0.331 e. The van der Waals surface area contributed by atoms with Crippen molar-refractivity contribution in [1.82, 2.24) is 0 Å². The predicted octanol–water partition coefficient (Wildman–Crippen LogP) is 1.92. The van der Waals surface area contributed by atoms with Gasteiger partial charge in [0.1, 0.15) is 6.54 Å². The number of nitro groups is 1. The number of ether oxygens (including phenoxy) is 1. The van der Waals surface area contributed by atoms with Gasteiger partial charge in [-0.3, -0.25) is 19.7 Å². The Bertz CT molecular complexity index is 957. The van der Waals surface area contributed by atoms with Crippen LogP contribution in [0.5, 0.6) is 5.75 Å². The molecule has 1 aliphatic rings. The number of amides is 2. The Balaban J connectivity index is 1.70. The third kappa shape index (κ3) is 4.41. The number of nitrogens with zero attached hydrogens (tertiary/aromatic N) is 2. The first kappa shape index (κ1) is 18.8. The van der Waals surface area contributed by atoms with Crippen molar-refractivity contribution in [3.8, 4) is 5.75 Å². The molecule has 0 saturated carbocycles. The Hall–Kier alpha value is -3.95. The summed E-state index contributed by atoms with van der Waals surface area (Å²) in [5.74, 6) is -1.16. The smallest absolute Gasteiger partial charge is 0.331 e. The van der Waals surface area contributed by atoms with Gasteiger partial charge in [-0.05, 0) is 30.3 Å². The number of nitrogens with one attached hydrogen (secondary N) is 2. The van der Waals surface area contributed by atoms with Crippen molar-refractivity contribution in [3.05, 3.63) is 52.6 Å². The van der Waals surface area contributed by atoms with E-state index in [2.05, 4.69) is 10.6 Å². The second-order valence-corrected chi connectivity index (χ2v) is 6.05. The second-order valence-electron chi connectivity index (χ2n) is 6.05. The maximum absolute atomic E-state index is 12.4.